The molecule has 1 N–H and O–H groups in total. The minimum atomic E-state index is 0.146. The van der Waals surface area contributed by atoms with E-state index in [2.05, 4.69) is 4.98 Å². The second kappa shape index (κ2) is 4.87. The van der Waals surface area contributed by atoms with Gasteiger partial charge in [0.05, 0.1) is 12.3 Å². The second-order valence-corrected chi connectivity index (χ2v) is 4.13. The van der Waals surface area contributed by atoms with Crippen molar-refractivity contribution in [1.29, 1.82) is 0 Å². The normalized spacial score (nSPS) is 10.5. The molecule has 0 radical (unpaired) electrons. The Bertz CT molecular complexity index is 509. The molecule has 0 aliphatic rings. The Balaban J connectivity index is 2.33. The van der Waals surface area contributed by atoms with Crippen LogP contribution in [0.4, 0.5) is 0 Å². The number of aromatic hydroxyl groups is 1. The van der Waals surface area contributed by atoms with Crippen molar-refractivity contribution in [3.05, 3.63) is 42.7 Å². The SMILES string of the molecule is CC(C)Oc1cccc(-c2cncc(O)c2)c1. The van der Waals surface area contributed by atoms with Crippen LogP contribution >= 0.6 is 0 Å². The van der Waals surface area contributed by atoms with Crippen molar-refractivity contribution < 1.29 is 9.84 Å². The van der Waals surface area contributed by atoms with E-state index in [4.69, 9.17) is 4.74 Å². The Morgan fingerprint density at radius 1 is 1.12 bits per heavy atom. The van der Waals surface area contributed by atoms with Crippen LogP contribution in [-0.4, -0.2) is 16.2 Å². The first kappa shape index (κ1) is 11.5. The van der Waals surface area contributed by atoms with Gasteiger partial charge in [-0.05, 0) is 37.6 Å². The fraction of sp³-hybridized carbons (Fsp3) is 0.214. The monoisotopic (exact) mass is 229 g/mol. The predicted molar refractivity (Wildman–Crippen MR) is 67.1 cm³/mol. The molecule has 2 rings (SSSR count). The maximum atomic E-state index is 9.40. The molecule has 1 heterocycles. The van der Waals surface area contributed by atoms with E-state index < -0.39 is 0 Å². The number of aromatic nitrogens is 1. The number of rotatable bonds is 3. The minimum Gasteiger partial charge on any atom is -0.506 e. The van der Waals surface area contributed by atoms with Crippen LogP contribution in [0.5, 0.6) is 11.5 Å². The summed E-state index contributed by atoms with van der Waals surface area (Å²) >= 11 is 0. The van der Waals surface area contributed by atoms with Crippen molar-refractivity contribution in [3.8, 4) is 22.6 Å². The van der Waals surface area contributed by atoms with Crippen LogP contribution in [0.2, 0.25) is 0 Å². The minimum absolute atomic E-state index is 0.146. The molecule has 0 aliphatic heterocycles. The maximum absolute atomic E-state index is 9.40. The highest BCUT2D eigenvalue weighted by atomic mass is 16.5. The van der Waals surface area contributed by atoms with Crippen LogP contribution in [0.1, 0.15) is 13.8 Å². The fourth-order valence-electron chi connectivity index (χ4n) is 1.61. The van der Waals surface area contributed by atoms with Crippen molar-refractivity contribution >= 4 is 0 Å². The van der Waals surface area contributed by atoms with Crippen LogP contribution in [0.3, 0.4) is 0 Å². The molecule has 0 fully saturated rings. The number of benzene rings is 1. The van der Waals surface area contributed by atoms with Gasteiger partial charge in [0.25, 0.3) is 0 Å². The van der Waals surface area contributed by atoms with E-state index in [1.165, 1.54) is 6.20 Å². The molecular weight excluding hydrogens is 214 g/mol. The van der Waals surface area contributed by atoms with Gasteiger partial charge in [0.15, 0.2) is 0 Å². The first-order chi connectivity index (χ1) is 8.15. The lowest BCUT2D eigenvalue weighted by Crippen LogP contribution is -2.05. The van der Waals surface area contributed by atoms with Crippen molar-refractivity contribution in [2.75, 3.05) is 0 Å². The van der Waals surface area contributed by atoms with Gasteiger partial charge in [0, 0.05) is 11.8 Å². The third-order valence-corrected chi connectivity index (χ3v) is 2.26. The number of ether oxygens (including phenoxy) is 1. The van der Waals surface area contributed by atoms with Crippen molar-refractivity contribution in [1.82, 2.24) is 4.98 Å². The van der Waals surface area contributed by atoms with Crippen LogP contribution < -0.4 is 4.74 Å². The zero-order valence-corrected chi connectivity index (χ0v) is 9.92. The third kappa shape index (κ3) is 2.97. The van der Waals surface area contributed by atoms with Gasteiger partial charge in [-0.2, -0.15) is 0 Å². The number of pyridine rings is 1. The zero-order valence-electron chi connectivity index (χ0n) is 9.92. The van der Waals surface area contributed by atoms with Gasteiger partial charge in [-0.25, -0.2) is 0 Å². The lowest BCUT2D eigenvalue weighted by atomic mass is 10.1. The third-order valence-electron chi connectivity index (χ3n) is 2.26. The Hall–Kier alpha value is -2.03. The van der Waals surface area contributed by atoms with Gasteiger partial charge in [-0.3, -0.25) is 4.98 Å². The van der Waals surface area contributed by atoms with Crippen molar-refractivity contribution in [3.63, 3.8) is 0 Å². The van der Waals surface area contributed by atoms with Gasteiger partial charge in [-0.1, -0.05) is 12.1 Å². The highest BCUT2D eigenvalue weighted by Gasteiger charge is 2.02. The van der Waals surface area contributed by atoms with Gasteiger partial charge < -0.3 is 9.84 Å². The van der Waals surface area contributed by atoms with Crippen LogP contribution in [0.15, 0.2) is 42.7 Å². The average molecular weight is 229 g/mol. The molecule has 0 aliphatic carbocycles. The molecule has 17 heavy (non-hydrogen) atoms. The summed E-state index contributed by atoms with van der Waals surface area (Å²) in [6.07, 6.45) is 3.28. The largest absolute Gasteiger partial charge is 0.506 e. The summed E-state index contributed by atoms with van der Waals surface area (Å²) in [5.41, 5.74) is 1.85. The standard InChI is InChI=1S/C14H15NO2/c1-10(2)17-14-5-3-4-11(7-14)12-6-13(16)9-15-8-12/h3-10,16H,1-2H3. The molecule has 1 aromatic carbocycles. The molecule has 0 bridgehead atoms. The fourth-order valence-corrected chi connectivity index (χ4v) is 1.61. The molecule has 0 spiro atoms. The van der Waals surface area contributed by atoms with Gasteiger partial charge in [0.2, 0.25) is 0 Å². The summed E-state index contributed by atoms with van der Waals surface area (Å²) in [5.74, 6) is 0.985. The van der Waals surface area contributed by atoms with E-state index in [1.807, 2.05) is 38.1 Å². The molecule has 2 aromatic rings. The molecule has 3 heteroatoms. The van der Waals surface area contributed by atoms with E-state index in [1.54, 1.807) is 12.3 Å². The number of hydrogen-bond donors (Lipinski definition) is 1. The molecule has 0 atom stereocenters. The van der Waals surface area contributed by atoms with Crippen molar-refractivity contribution in [2.45, 2.75) is 20.0 Å². The topological polar surface area (TPSA) is 42.4 Å². The molecule has 0 unspecified atom stereocenters. The Morgan fingerprint density at radius 2 is 1.94 bits per heavy atom. The predicted octanol–water partition coefficient (Wildman–Crippen LogP) is 3.24. The zero-order chi connectivity index (χ0) is 12.3. The lowest BCUT2D eigenvalue weighted by Gasteiger charge is -2.10. The first-order valence-corrected chi connectivity index (χ1v) is 5.56. The summed E-state index contributed by atoms with van der Waals surface area (Å²) < 4.78 is 5.62. The average Bonchev–Trinajstić information content (AvgIpc) is 2.28. The van der Waals surface area contributed by atoms with Crippen molar-refractivity contribution in [2.24, 2.45) is 0 Å². The number of hydrogen-bond acceptors (Lipinski definition) is 3. The summed E-state index contributed by atoms with van der Waals surface area (Å²) in [4.78, 5) is 3.96. The highest BCUT2D eigenvalue weighted by molar-refractivity contribution is 5.65. The summed E-state index contributed by atoms with van der Waals surface area (Å²) in [7, 11) is 0. The Kier molecular flexibility index (Phi) is 3.28. The molecule has 88 valence electrons. The number of nitrogens with zero attached hydrogens (tertiary/aromatic N) is 1. The molecule has 1 aromatic heterocycles. The first-order valence-electron chi connectivity index (χ1n) is 5.56. The molecular formula is C14H15NO2. The van der Waals surface area contributed by atoms with E-state index in [9.17, 15) is 5.11 Å². The Morgan fingerprint density at radius 3 is 2.65 bits per heavy atom. The molecule has 0 amide bonds. The van der Waals surface area contributed by atoms with E-state index in [0.717, 1.165) is 16.9 Å². The van der Waals surface area contributed by atoms with Crippen LogP contribution in [0, 0.1) is 0 Å². The molecule has 0 saturated carbocycles. The molecule has 0 saturated heterocycles. The van der Waals surface area contributed by atoms with Gasteiger partial charge in [0.1, 0.15) is 11.5 Å². The van der Waals surface area contributed by atoms with Crippen LogP contribution in [-0.2, 0) is 0 Å². The smallest absolute Gasteiger partial charge is 0.134 e. The second-order valence-electron chi connectivity index (χ2n) is 4.13. The van der Waals surface area contributed by atoms with Gasteiger partial charge >= 0.3 is 0 Å². The molecule has 3 nitrogen and oxygen atoms in total. The van der Waals surface area contributed by atoms with E-state index >= 15 is 0 Å². The van der Waals surface area contributed by atoms with Crippen LogP contribution in [0.25, 0.3) is 11.1 Å². The van der Waals surface area contributed by atoms with E-state index in [-0.39, 0.29) is 11.9 Å². The summed E-state index contributed by atoms with van der Waals surface area (Å²) in [5, 5.41) is 9.40. The maximum Gasteiger partial charge on any atom is 0.134 e. The lowest BCUT2D eigenvalue weighted by molar-refractivity contribution is 0.242. The quantitative estimate of drug-likeness (QED) is 0.878. The highest BCUT2D eigenvalue weighted by Crippen LogP contribution is 2.25. The van der Waals surface area contributed by atoms with Gasteiger partial charge in [-0.15, -0.1) is 0 Å². The van der Waals surface area contributed by atoms with E-state index in [0.29, 0.717) is 0 Å². The Labute approximate surface area is 101 Å². The summed E-state index contributed by atoms with van der Waals surface area (Å²) in [6.45, 7) is 3.98. The summed E-state index contributed by atoms with van der Waals surface area (Å²) in [6, 6.07) is 9.43.